The Balaban J connectivity index is 1.94. The van der Waals surface area contributed by atoms with Crippen molar-refractivity contribution in [3.63, 3.8) is 0 Å². The van der Waals surface area contributed by atoms with Gasteiger partial charge in [0.1, 0.15) is 16.7 Å². The average Bonchev–Trinajstić information content (AvgIpc) is 2.79. The number of amides is 1. The maximum Gasteiger partial charge on any atom is 0.245 e. The van der Waals surface area contributed by atoms with Gasteiger partial charge in [-0.15, -0.1) is 11.8 Å². The van der Waals surface area contributed by atoms with Crippen LogP contribution in [0.2, 0.25) is 0 Å². The molecule has 32 heavy (non-hydrogen) atoms. The molecular weight excluding hydrogens is 444 g/mol. The minimum Gasteiger partial charge on any atom is -0.495 e. The summed E-state index contributed by atoms with van der Waals surface area (Å²) in [6.45, 7) is 1.80. The van der Waals surface area contributed by atoms with E-state index < -0.39 is 22.0 Å². The van der Waals surface area contributed by atoms with Crippen molar-refractivity contribution < 1.29 is 17.9 Å². The Morgan fingerprint density at radius 3 is 2.41 bits per heavy atom. The predicted molar refractivity (Wildman–Crippen MR) is 129 cm³/mol. The van der Waals surface area contributed by atoms with Crippen molar-refractivity contribution in [2.24, 2.45) is 0 Å². The molecule has 0 aliphatic carbocycles. The third-order valence-corrected chi connectivity index (χ3v) is 7.16. The van der Waals surface area contributed by atoms with Gasteiger partial charge in [0.2, 0.25) is 15.9 Å². The zero-order valence-corrected chi connectivity index (χ0v) is 19.8. The molecule has 0 heterocycles. The van der Waals surface area contributed by atoms with E-state index in [4.69, 9.17) is 4.74 Å². The van der Waals surface area contributed by atoms with Gasteiger partial charge < -0.3 is 10.1 Å². The SMILES string of the molecule is COc1ccc(C)cc1S(=O)(=O)N[C@H](Cc1ccccc1)C(=O)Nc1ccccc1SC. The smallest absolute Gasteiger partial charge is 0.245 e. The Morgan fingerprint density at radius 2 is 1.72 bits per heavy atom. The number of hydrogen-bond donors (Lipinski definition) is 2. The van der Waals surface area contributed by atoms with Crippen molar-refractivity contribution in [3.05, 3.63) is 83.9 Å². The number of sulfonamides is 1. The van der Waals surface area contributed by atoms with Crippen LogP contribution in [-0.2, 0) is 21.2 Å². The maximum absolute atomic E-state index is 13.3. The van der Waals surface area contributed by atoms with Crippen LogP contribution in [0.4, 0.5) is 5.69 Å². The zero-order chi connectivity index (χ0) is 23.1. The van der Waals surface area contributed by atoms with Crippen molar-refractivity contribution in [2.45, 2.75) is 29.2 Å². The van der Waals surface area contributed by atoms with Gasteiger partial charge in [0, 0.05) is 4.90 Å². The van der Waals surface area contributed by atoms with E-state index in [1.807, 2.05) is 54.8 Å². The number of ether oxygens (including phenoxy) is 1. The first-order chi connectivity index (χ1) is 15.3. The summed E-state index contributed by atoms with van der Waals surface area (Å²) in [5, 5.41) is 2.88. The molecule has 0 radical (unpaired) electrons. The number of methoxy groups -OCH3 is 1. The number of para-hydroxylation sites is 1. The van der Waals surface area contributed by atoms with Crippen LogP contribution in [0, 0.1) is 6.92 Å². The molecule has 0 fully saturated rings. The van der Waals surface area contributed by atoms with E-state index >= 15 is 0 Å². The summed E-state index contributed by atoms with van der Waals surface area (Å²) < 4.78 is 34.4. The van der Waals surface area contributed by atoms with E-state index in [-0.39, 0.29) is 17.1 Å². The van der Waals surface area contributed by atoms with Crippen LogP contribution in [0.15, 0.2) is 82.6 Å². The van der Waals surface area contributed by atoms with Crippen LogP contribution in [0.5, 0.6) is 5.75 Å². The number of thioether (sulfide) groups is 1. The van der Waals surface area contributed by atoms with Gasteiger partial charge in [0.15, 0.2) is 0 Å². The molecule has 3 rings (SSSR count). The van der Waals surface area contributed by atoms with Crippen LogP contribution in [0.1, 0.15) is 11.1 Å². The Hall–Kier alpha value is -2.81. The fraction of sp³-hybridized carbons (Fsp3) is 0.208. The summed E-state index contributed by atoms with van der Waals surface area (Å²) in [7, 11) is -2.62. The Morgan fingerprint density at radius 1 is 1.03 bits per heavy atom. The number of aryl methyl sites for hydroxylation is 1. The van der Waals surface area contributed by atoms with Gasteiger partial charge in [-0.3, -0.25) is 4.79 Å². The Bertz CT molecular complexity index is 1180. The van der Waals surface area contributed by atoms with Gasteiger partial charge in [-0.25, -0.2) is 8.42 Å². The minimum atomic E-state index is -4.04. The van der Waals surface area contributed by atoms with Crippen LogP contribution in [0.3, 0.4) is 0 Å². The van der Waals surface area contributed by atoms with Crippen LogP contribution < -0.4 is 14.8 Å². The molecule has 3 aromatic rings. The van der Waals surface area contributed by atoms with Gasteiger partial charge in [-0.05, 0) is 55.0 Å². The van der Waals surface area contributed by atoms with Gasteiger partial charge in [0.05, 0.1) is 12.8 Å². The van der Waals surface area contributed by atoms with Gasteiger partial charge >= 0.3 is 0 Å². The molecule has 0 saturated carbocycles. The van der Waals surface area contributed by atoms with E-state index in [1.165, 1.54) is 24.9 Å². The lowest BCUT2D eigenvalue weighted by Crippen LogP contribution is -2.45. The highest BCUT2D eigenvalue weighted by molar-refractivity contribution is 7.98. The molecule has 0 aliphatic rings. The molecule has 2 N–H and O–H groups in total. The van der Waals surface area contributed by atoms with E-state index in [9.17, 15) is 13.2 Å². The molecule has 3 aromatic carbocycles. The van der Waals surface area contributed by atoms with E-state index in [1.54, 1.807) is 25.1 Å². The largest absolute Gasteiger partial charge is 0.495 e. The molecule has 168 valence electrons. The number of nitrogens with one attached hydrogen (secondary N) is 2. The summed E-state index contributed by atoms with van der Waals surface area (Å²) in [6.07, 6.45) is 2.11. The summed E-state index contributed by atoms with van der Waals surface area (Å²) in [6, 6.07) is 20.6. The van der Waals surface area contributed by atoms with Gasteiger partial charge in [-0.2, -0.15) is 4.72 Å². The van der Waals surface area contributed by atoms with Crippen molar-refractivity contribution in [1.82, 2.24) is 4.72 Å². The second-order valence-electron chi connectivity index (χ2n) is 7.21. The topological polar surface area (TPSA) is 84.5 Å². The van der Waals surface area contributed by atoms with Crippen LogP contribution >= 0.6 is 11.8 Å². The van der Waals surface area contributed by atoms with E-state index in [0.29, 0.717) is 5.69 Å². The first-order valence-electron chi connectivity index (χ1n) is 9.99. The molecule has 0 unspecified atom stereocenters. The van der Waals surface area contributed by atoms with E-state index in [2.05, 4.69) is 10.0 Å². The fourth-order valence-corrected chi connectivity index (χ4v) is 5.25. The summed E-state index contributed by atoms with van der Waals surface area (Å²) >= 11 is 1.50. The third-order valence-electron chi connectivity index (χ3n) is 4.87. The standard InChI is InChI=1S/C24H26N2O4S2/c1-17-13-14-21(30-2)23(15-17)32(28,29)26-20(16-18-9-5-4-6-10-18)24(27)25-19-11-7-8-12-22(19)31-3/h4-15,20,26H,16H2,1-3H3,(H,25,27)/t20-/m1/s1. The molecule has 8 heteroatoms. The lowest BCUT2D eigenvalue weighted by Gasteiger charge is -2.20. The molecular formula is C24H26N2O4S2. The minimum absolute atomic E-state index is 0.00428. The van der Waals surface area contributed by atoms with Gasteiger partial charge in [-0.1, -0.05) is 48.5 Å². The van der Waals surface area contributed by atoms with Crippen LogP contribution in [0.25, 0.3) is 0 Å². The fourth-order valence-electron chi connectivity index (χ4n) is 3.25. The molecule has 1 atom stereocenters. The zero-order valence-electron chi connectivity index (χ0n) is 18.2. The Kier molecular flexibility index (Phi) is 7.95. The number of rotatable bonds is 9. The predicted octanol–water partition coefficient (Wildman–Crippen LogP) is 4.25. The lowest BCUT2D eigenvalue weighted by molar-refractivity contribution is -0.117. The first kappa shape index (κ1) is 23.8. The second kappa shape index (κ2) is 10.7. The summed E-state index contributed by atoms with van der Waals surface area (Å²) in [5.41, 5.74) is 2.24. The van der Waals surface area contributed by atoms with Crippen LogP contribution in [-0.4, -0.2) is 33.7 Å². The highest BCUT2D eigenvalue weighted by Crippen LogP contribution is 2.27. The highest BCUT2D eigenvalue weighted by atomic mass is 32.2. The van der Waals surface area contributed by atoms with E-state index in [0.717, 1.165) is 16.0 Å². The molecule has 0 aliphatic heterocycles. The van der Waals surface area contributed by atoms with Gasteiger partial charge in [0.25, 0.3) is 0 Å². The molecule has 0 saturated heterocycles. The summed E-state index contributed by atoms with van der Waals surface area (Å²) in [5.74, 6) is -0.222. The average molecular weight is 471 g/mol. The second-order valence-corrected chi connectivity index (χ2v) is 9.74. The number of benzene rings is 3. The number of anilines is 1. The Labute approximate surface area is 193 Å². The molecule has 6 nitrogen and oxygen atoms in total. The normalized spacial score (nSPS) is 12.2. The van der Waals surface area contributed by atoms with Crippen molar-refractivity contribution >= 4 is 33.4 Å². The van der Waals surface area contributed by atoms with Crippen molar-refractivity contribution in [3.8, 4) is 5.75 Å². The molecule has 0 spiro atoms. The quantitative estimate of drug-likeness (QED) is 0.457. The molecule has 0 bridgehead atoms. The number of hydrogen-bond acceptors (Lipinski definition) is 5. The number of carbonyl (C=O) groups is 1. The highest BCUT2D eigenvalue weighted by Gasteiger charge is 2.28. The number of carbonyl (C=O) groups excluding carboxylic acids is 1. The van der Waals surface area contributed by atoms with Crippen molar-refractivity contribution in [2.75, 3.05) is 18.7 Å². The monoisotopic (exact) mass is 470 g/mol. The maximum atomic E-state index is 13.3. The molecule has 0 aromatic heterocycles. The lowest BCUT2D eigenvalue weighted by atomic mass is 10.1. The first-order valence-corrected chi connectivity index (χ1v) is 12.7. The summed E-state index contributed by atoms with van der Waals surface area (Å²) in [4.78, 5) is 14.1. The van der Waals surface area contributed by atoms with Crippen molar-refractivity contribution in [1.29, 1.82) is 0 Å². The molecule has 1 amide bonds. The third kappa shape index (κ3) is 5.91.